The van der Waals surface area contributed by atoms with Gasteiger partial charge < -0.3 is 20.8 Å². The number of rotatable bonds is 4. The zero-order valence-corrected chi connectivity index (χ0v) is 19.4. The van der Waals surface area contributed by atoms with Crippen LogP contribution in [0.25, 0.3) is 21.5 Å². The normalized spacial score (nSPS) is 12.1. The number of thiocarbonyl (C=S) groups is 1. The highest BCUT2D eigenvalue weighted by atomic mass is 32.2. The van der Waals surface area contributed by atoms with E-state index in [2.05, 4.69) is 10.6 Å². The quantitative estimate of drug-likeness (QED) is 0.171. The van der Waals surface area contributed by atoms with E-state index >= 15 is 0 Å². The fourth-order valence-corrected chi connectivity index (χ4v) is 4.68. The van der Waals surface area contributed by atoms with Crippen molar-refractivity contribution in [1.82, 2.24) is 0 Å². The molecule has 0 fully saturated rings. The summed E-state index contributed by atoms with van der Waals surface area (Å²) in [5, 5.41) is 27.7. The van der Waals surface area contributed by atoms with Crippen LogP contribution < -0.4 is 10.6 Å². The number of nitrogens with one attached hydrogen (secondary N) is 2. The van der Waals surface area contributed by atoms with Crippen LogP contribution in [0.5, 0.6) is 11.5 Å². The number of aromatic hydroxyl groups is 2. The van der Waals surface area contributed by atoms with Crippen molar-refractivity contribution in [2.75, 3.05) is 10.6 Å². The van der Waals surface area contributed by atoms with Crippen LogP contribution in [0.2, 0.25) is 0 Å². The second kappa shape index (κ2) is 8.38. The molecule has 4 aromatic rings. The minimum absolute atomic E-state index is 0.154. The molecule has 0 atom stereocenters. The maximum absolute atomic E-state index is 11.3. The van der Waals surface area contributed by atoms with E-state index in [9.17, 15) is 36.2 Å². The van der Waals surface area contributed by atoms with Gasteiger partial charge >= 0.3 is 0 Å². The lowest BCUT2D eigenvalue weighted by Crippen LogP contribution is -2.18. The van der Waals surface area contributed by atoms with Crippen molar-refractivity contribution in [2.24, 2.45) is 0 Å². The molecule has 0 heterocycles. The van der Waals surface area contributed by atoms with E-state index in [1.54, 1.807) is 12.1 Å². The van der Waals surface area contributed by atoms with Gasteiger partial charge in [0, 0.05) is 34.3 Å². The predicted octanol–water partition coefficient (Wildman–Crippen LogP) is 3.71. The molecule has 0 saturated heterocycles. The van der Waals surface area contributed by atoms with Crippen molar-refractivity contribution in [1.29, 1.82) is 0 Å². The Balaban J connectivity index is 1.57. The monoisotopic (exact) mass is 520 g/mol. The molecule has 0 bridgehead atoms. The van der Waals surface area contributed by atoms with E-state index in [0.717, 1.165) is 12.1 Å². The van der Waals surface area contributed by atoms with Crippen LogP contribution in [-0.4, -0.2) is 41.3 Å². The Morgan fingerprint density at radius 1 is 0.647 bits per heavy atom. The zero-order chi connectivity index (χ0) is 24.8. The van der Waals surface area contributed by atoms with Gasteiger partial charge in [-0.05, 0) is 59.4 Å². The van der Waals surface area contributed by atoms with Gasteiger partial charge in [0.15, 0.2) is 5.11 Å². The topological polar surface area (TPSA) is 173 Å². The van der Waals surface area contributed by atoms with Gasteiger partial charge in [0.2, 0.25) is 0 Å². The fraction of sp³-hybridized carbons (Fsp3) is 0. The Labute approximate surface area is 199 Å². The molecule has 176 valence electrons. The highest BCUT2D eigenvalue weighted by Gasteiger charge is 2.15. The Bertz CT molecular complexity index is 1580. The van der Waals surface area contributed by atoms with Gasteiger partial charge in [0.05, 0.1) is 9.79 Å². The molecule has 34 heavy (non-hydrogen) atoms. The zero-order valence-electron chi connectivity index (χ0n) is 16.9. The highest BCUT2D eigenvalue weighted by Crippen LogP contribution is 2.32. The van der Waals surface area contributed by atoms with Crippen LogP contribution in [0.3, 0.4) is 0 Å². The maximum Gasteiger partial charge on any atom is 0.294 e. The third kappa shape index (κ3) is 4.88. The molecule has 10 nitrogen and oxygen atoms in total. The van der Waals surface area contributed by atoms with Crippen LogP contribution >= 0.6 is 12.2 Å². The SMILES string of the molecule is O=S(=O)(O)c1cc(O)c2cc(NC(=S)Nc3ccc4cc(S(=O)(=O)O)cc(O)c4c3)ccc2c1. The summed E-state index contributed by atoms with van der Waals surface area (Å²) in [7, 11) is -8.95. The molecule has 4 rings (SSSR count). The molecule has 0 amide bonds. The Hall–Kier alpha value is -3.49. The summed E-state index contributed by atoms with van der Waals surface area (Å²) in [6.45, 7) is 0. The van der Waals surface area contributed by atoms with Gasteiger partial charge in [-0.2, -0.15) is 16.8 Å². The van der Waals surface area contributed by atoms with E-state index in [-0.39, 0.29) is 16.6 Å². The molecule has 6 N–H and O–H groups in total. The highest BCUT2D eigenvalue weighted by molar-refractivity contribution is 7.86. The minimum atomic E-state index is -4.48. The number of phenolic OH excluding ortho intramolecular Hbond substituents is 2. The molecule has 0 radical (unpaired) electrons. The number of fused-ring (bicyclic) bond motifs is 2. The van der Waals surface area contributed by atoms with E-state index in [1.165, 1.54) is 36.4 Å². The van der Waals surface area contributed by atoms with Gasteiger partial charge in [-0.25, -0.2) is 0 Å². The predicted molar refractivity (Wildman–Crippen MR) is 131 cm³/mol. The molecule has 0 aromatic heterocycles. The van der Waals surface area contributed by atoms with Gasteiger partial charge in [-0.3, -0.25) is 9.11 Å². The smallest absolute Gasteiger partial charge is 0.294 e. The molecular weight excluding hydrogens is 504 g/mol. The average molecular weight is 521 g/mol. The van der Waals surface area contributed by atoms with Gasteiger partial charge in [0.25, 0.3) is 20.2 Å². The molecule has 4 aromatic carbocycles. The summed E-state index contributed by atoms with van der Waals surface area (Å²) in [6, 6.07) is 13.6. The lowest BCUT2D eigenvalue weighted by molar-refractivity contribution is 0.470. The van der Waals surface area contributed by atoms with Crippen molar-refractivity contribution < 1.29 is 36.2 Å². The largest absolute Gasteiger partial charge is 0.507 e. The van der Waals surface area contributed by atoms with Crippen LogP contribution in [0.15, 0.2) is 70.5 Å². The number of hydrogen-bond donors (Lipinski definition) is 6. The van der Waals surface area contributed by atoms with Gasteiger partial charge in [-0.1, -0.05) is 12.1 Å². The number of phenols is 2. The number of hydrogen-bond acceptors (Lipinski definition) is 7. The summed E-state index contributed by atoms with van der Waals surface area (Å²) in [5.41, 5.74) is 0.947. The van der Waals surface area contributed by atoms with Crippen molar-refractivity contribution in [3.63, 3.8) is 0 Å². The molecule has 0 unspecified atom stereocenters. The first-order valence-electron chi connectivity index (χ1n) is 9.38. The van der Waals surface area contributed by atoms with Crippen LogP contribution in [0.4, 0.5) is 11.4 Å². The van der Waals surface area contributed by atoms with Gasteiger partial charge in [0.1, 0.15) is 11.5 Å². The van der Waals surface area contributed by atoms with Crippen molar-refractivity contribution in [2.45, 2.75) is 9.79 Å². The lowest BCUT2D eigenvalue weighted by Gasteiger charge is -2.13. The molecule has 0 aliphatic carbocycles. The maximum atomic E-state index is 11.3. The minimum Gasteiger partial charge on any atom is -0.507 e. The molecule has 0 spiro atoms. The van der Waals surface area contributed by atoms with Crippen molar-refractivity contribution in [3.8, 4) is 11.5 Å². The number of benzene rings is 4. The first-order chi connectivity index (χ1) is 15.8. The summed E-state index contributed by atoms with van der Waals surface area (Å²) in [4.78, 5) is -0.864. The Morgan fingerprint density at radius 3 is 1.38 bits per heavy atom. The summed E-state index contributed by atoms with van der Waals surface area (Å²) >= 11 is 5.30. The molecule has 0 saturated carbocycles. The third-order valence-corrected chi connectivity index (χ3v) is 6.79. The second-order valence-corrected chi connectivity index (χ2v) is 10.5. The summed E-state index contributed by atoms with van der Waals surface area (Å²) in [5.74, 6) is -0.691. The van der Waals surface area contributed by atoms with Crippen molar-refractivity contribution in [3.05, 3.63) is 60.7 Å². The van der Waals surface area contributed by atoms with Gasteiger partial charge in [-0.15, -0.1) is 0 Å². The summed E-state index contributed by atoms with van der Waals surface area (Å²) in [6.07, 6.45) is 0. The first kappa shape index (κ1) is 23.7. The fourth-order valence-electron chi connectivity index (χ4n) is 3.37. The molecule has 13 heteroatoms. The van der Waals surface area contributed by atoms with E-state index < -0.39 is 30.0 Å². The van der Waals surface area contributed by atoms with Crippen LogP contribution in [-0.2, 0) is 20.2 Å². The average Bonchev–Trinajstić information content (AvgIpc) is 2.73. The first-order valence-corrected chi connectivity index (χ1v) is 12.7. The molecule has 0 aliphatic rings. The lowest BCUT2D eigenvalue weighted by atomic mass is 10.1. The van der Waals surface area contributed by atoms with E-state index in [4.69, 9.17) is 12.2 Å². The Kier molecular flexibility index (Phi) is 5.83. The van der Waals surface area contributed by atoms with E-state index in [1.807, 2.05) is 0 Å². The van der Waals surface area contributed by atoms with E-state index in [0.29, 0.717) is 32.9 Å². The molecule has 0 aliphatic heterocycles. The van der Waals surface area contributed by atoms with Crippen LogP contribution in [0.1, 0.15) is 0 Å². The number of anilines is 2. The van der Waals surface area contributed by atoms with Crippen LogP contribution in [0, 0.1) is 0 Å². The third-order valence-electron chi connectivity index (χ3n) is 4.92. The Morgan fingerprint density at radius 2 is 1.03 bits per heavy atom. The standard InChI is InChI=1S/C21H16N2O8S3/c24-19-9-15(33(26,27)28)5-11-1-3-13(7-17(11)19)22-21(32)23-14-4-2-12-6-16(34(29,30)31)10-20(25)18(12)8-14/h1-10,24-25H,(H2,22,23,32)(H,26,27,28)(H,29,30,31). The van der Waals surface area contributed by atoms with Crippen molar-refractivity contribution >= 4 is 70.5 Å². The summed E-state index contributed by atoms with van der Waals surface area (Å²) < 4.78 is 63.7. The molecular formula is C21H16N2O8S3. The second-order valence-electron chi connectivity index (χ2n) is 7.29.